The number of nitrogens with zero attached hydrogens (tertiary/aromatic N) is 1. The van der Waals surface area contributed by atoms with E-state index in [9.17, 15) is 4.79 Å². The average Bonchev–Trinajstić information content (AvgIpc) is 2.61. The van der Waals surface area contributed by atoms with Crippen molar-refractivity contribution in [1.29, 1.82) is 0 Å². The van der Waals surface area contributed by atoms with Crippen LogP contribution in [0.2, 0.25) is 0 Å². The zero-order valence-electron chi connectivity index (χ0n) is 14.9. The Morgan fingerprint density at radius 3 is 2.67 bits per heavy atom. The third kappa shape index (κ3) is 6.48. The van der Waals surface area contributed by atoms with Gasteiger partial charge < -0.3 is 14.8 Å². The Morgan fingerprint density at radius 2 is 2.04 bits per heavy atom. The molecule has 1 saturated carbocycles. The lowest BCUT2D eigenvalue weighted by Crippen LogP contribution is -2.31. The molecule has 134 valence electrons. The van der Waals surface area contributed by atoms with Crippen LogP contribution in [0.3, 0.4) is 0 Å². The lowest BCUT2D eigenvalue weighted by molar-refractivity contribution is -0.142. The highest BCUT2D eigenvalue weighted by atomic mass is 16.5. The van der Waals surface area contributed by atoms with Gasteiger partial charge in [0.1, 0.15) is 6.10 Å². The van der Waals surface area contributed by atoms with Gasteiger partial charge in [0.15, 0.2) is 0 Å². The molecule has 0 atom stereocenters. The second-order valence-electron chi connectivity index (χ2n) is 6.38. The Kier molecular flexibility index (Phi) is 8.02. The smallest absolute Gasteiger partial charge is 0.307 e. The molecule has 0 aromatic carbocycles. The molecule has 0 aliphatic heterocycles. The third-order valence-corrected chi connectivity index (χ3v) is 4.53. The molecule has 1 aromatic heterocycles. The summed E-state index contributed by atoms with van der Waals surface area (Å²) in [5, 5.41) is 3.37. The maximum atomic E-state index is 11.3. The van der Waals surface area contributed by atoms with Crippen LogP contribution in [0.4, 0.5) is 0 Å². The molecule has 5 heteroatoms. The predicted octanol–water partition coefficient (Wildman–Crippen LogP) is 3.12. The topological polar surface area (TPSA) is 60.5 Å². The summed E-state index contributed by atoms with van der Waals surface area (Å²) in [6.07, 6.45) is 8.08. The molecular weight excluding hydrogens is 304 g/mol. The van der Waals surface area contributed by atoms with Gasteiger partial charge in [0.05, 0.1) is 13.0 Å². The van der Waals surface area contributed by atoms with Crippen molar-refractivity contribution in [2.75, 3.05) is 19.7 Å². The first kappa shape index (κ1) is 18.7. The Labute approximate surface area is 145 Å². The van der Waals surface area contributed by atoms with Crippen LogP contribution in [0.5, 0.6) is 5.88 Å². The molecule has 1 fully saturated rings. The highest BCUT2D eigenvalue weighted by Crippen LogP contribution is 2.26. The van der Waals surface area contributed by atoms with Gasteiger partial charge in [0, 0.05) is 18.8 Å². The van der Waals surface area contributed by atoms with E-state index in [1.165, 1.54) is 5.56 Å². The molecule has 0 spiro atoms. The third-order valence-electron chi connectivity index (χ3n) is 4.53. The van der Waals surface area contributed by atoms with Gasteiger partial charge in [0.25, 0.3) is 0 Å². The van der Waals surface area contributed by atoms with Gasteiger partial charge in [-0.1, -0.05) is 13.0 Å². The molecule has 5 nitrogen and oxygen atoms in total. The summed E-state index contributed by atoms with van der Waals surface area (Å²) in [6, 6.07) is 4.06. The Bertz CT molecular complexity index is 482. The van der Waals surface area contributed by atoms with Crippen molar-refractivity contribution < 1.29 is 14.3 Å². The molecular formula is C19H30N2O3. The van der Waals surface area contributed by atoms with Crippen LogP contribution in [0.25, 0.3) is 0 Å². The van der Waals surface area contributed by atoms with E-state index in [4.69, 9.17) is 9.47 Å². The largest absolute Gasteiger partial charge is 0.474 e. The molecule has 0 amide bonds. The van der Waals surface area contributed by atoms with E-state index in [0.717, 1.165) is 44.5 Å². The average molecular weight is 334 g/mol. The molecule has 0 bridgehead atoms. The van der Waals surface area contributed by atoms with Crippen molar-refractivity contribution >= 4 is 5.97 Å². The lowest BCUT2D eigenvalue weighted by Gasteiger charge is -2.28. The highest BCUT2D eigenvalue weighted by molar-refractivity contribution is 5.69. The van der Waals surface area contributed by atoms with Crippen LogP contribution in [0.15, 0.2) is 18.3 Å². The van der Waals surface area contributed by atoms with E-state index in [1.807, 2.05) is 19.2 Å². The molecule has 1 aromatic rings. The zero-order chi connectivity index (χ0) is 17.2. The van der Waals surface area contributed by atoms with E-state index in [2.05, 4.69) is 23.3 Å². The fourth-order valence-corrected chi connectivity index (χ4v) is 3.04. The van der Waals surface area contributed by atoms with Crippen molar-refractivity contribution in [3.05, 3.63) is 23.9 Å². The predicted molar refractivity (Wildman–Crippen MR) is 94.1 cm³/mol. The van der Waals surface area contributed by atoms with Crippen molar-refractivity contribution in [2.45, 2.75) is 58.5 Å². The quantitative estimate of drug-likeness (QED) is 0.555. The standard InChI is InChI=1S/C19H30N2O3/c1-3-15-7-10-18(21-14-15)24-17-8-5-16(6-9-17)13-20-12-11-19(22)23-4-2/h7,10,14,16-17,20H,3-6,8-9,11-13H2,1-2H3/t16-,17-. The van der Waals surface area contributed by atoms with Gasteiger partial charge in [-0.05, 0) is 57.1 Å². The molecule has 2 rings (SSSR count). The number of hydrogen-bond acceptors (Lipinski definition) is 5. The second-order valence-corrected chi connectivity index (χ2v) is 6.38. The van der Waals surface area contributed by atoms with Crippen LogP contribution in [-0.2, 0) is 16.0 Å². The molecule has 0 radical (unpaired) electrons. The molecule has 0 saturated heterocycles. The van der Waals surface area contributed by atoms with Crippen molar-refractivity contribution in [2.24, 2.45) is 5.92 Å². The summed E-state index contributed by atoms with van der Waals surface area (Å²) in [5.41, 5.74) is 1.24. The van der Waals surface area contributed by atoms with Crippen LogP contribution in [0, 0.1) is 5.92 Å². The normalized spacial score (nSPS) is 20.6. The van der Waals surface area contributed by atoms with Gasteiger partial charge in [-0.25, -0.2) is 4.98 Å². The molecule has 0 unspecified atom stereocenters. The first-order valence-electron chi connectivity index (χ1n) is 9.19. The summed E-state index contributed by atoms with van der Waals surface area (Å²) in [4.78, 5) is 15.6. The van der Waals surface area contributed by atoms with Gasteiger partial charge >= 0.3 is 5.97 Å². The Morgan fingerprint density at radius 1 is 1.25 bits per heavy atom. The molecule has 1 heterocycles. The SMILES string of the molecule is CCOC(=O)CCNC[C@H]1CC[C@H](Oc2ccc(CC)cn2)CC1. The molecule has 1 aliphatic rings. The summed E-state index contributed by atoms with van der Waals surface area (Å²) in [6.45, 7) is 6.08. The Hall–Kier alpha value is -1.62. The summed E-state index contributed by atoms with van der Waals surface area (Å²) in [7, 11) is 0. The summed E-state index contributed by atoms with van der Waals surface area (Å²) in [5.74, 6) is 1.29. The number of carbonyl (C=O) groups is 1. The second kappa shape index (κ2) is 10.3. The maximum absolute atomic E-state index is 11.3. The zero-order valence-corrected chi connectivity index (χ0v) is 14.9. The maximum Gasteiger partial charge on any atom is 0.307 e. The van der Waals surface area contributed by atoms with E-state index in [1.54, 1.807) is 0 Å². The minimum absolute atomic E-state index is 0.122. The van der Waals surface area contributed by atoms with E-state index >= 15 is 0 Å². The van der Waals surface area contributed by atoms with Crippen LogP contribution < -0.4 is 10.1 Å². The number of esters is 1. The lowest BCUT2D eigenvalue weighted by atomic mass is 9.87. The van der Waals surface area contributed by atoms with E-state index in [-0.39, 0.29) is 12.1 Å². The monoisotopic (exact) mass is 334 g/mol. The highest BCUT2D eigenvalue weighted by Gasteiger charge is 2.22. The number of carbonyl (C=O) groups excluding carboxylic acids is 1. The van der Waals surface area contributed by atoms with Crippen molar-refractivity contribution in [3.63, 3.8) is 0 Å². The van der Waals surface area contributed by atoms with Crippen LogP contribution >= 0.6 is 0 Å². The van der Waals surface area contributed by atoms with Gasteiger partial charge in [-0.3, -0.25) is 4.79 Å². The van der Waals surface area contributed by atoms with Crippen molar-refractivity contribution in [3.8, 4) is 5.88 Å². The number of pyridine rings is 1. The number of nitrogens with one attached hydrogen (secondary N) is 1. The fourth-order valence-electron chi connectivity index (χ4n) is 3.04. The number of aryl methyl sites for hydroxylation is 1. The van der Waals surface area contributed by atoms with Gasteiger partial charge in [0.2, 0.25) is 5.88 Å². The van der Waals surface area contributed by atoms with Crippen LogP contribution in [0.1, 0.15) is 51.5 Å². The van der Waals surface area contributed by atoms with Crippen LogP contribution in [-0.4, -0.2) is 36.8 Å². The number of hydrogen-bond donors (Lipinski definition) is 1. The van der Waals surface area contributed by atoms with Gasteiger partial charge in [-0.15, -0.1) is 0 Å². The minimum Gasteiger partial charge on any atom is -0.474 e. The molecule has 1 aliphatic carbocycles. The fraction of sp³-hybridized carbons (Fsp3) is 0.684. The van der Waals surface area contributed by atoms with E-state index < -0.39 is 0 Å². The first-order valence-corrected chi connectivity index (χ1v) is 9.19. The van der Waals surface area contributed by atoms with Gasteiger partial charge in [-0.2, -0.15) is 0 Å². The van der Waals surface area contributed by atoms with Crippen molar-refractivity contribution in [1.82, 2.24) is 10.3 Å². The van der Waals surface area contributed by atoms with E-state index in [0.29, 0.717) is 25.5 Å². The number of rotatable bonds is 9. The molecule has 24 heavy (non-hydrogen) atoms. The summed E-state index contributed by atoms with van der Waals surface area (Å²) < 4.78 is 10.9. The molecule has 1 N–H and O–H groups in total. The number of ether oxygens (including phenoxy) is 2. The summed E-state index contributed by atoms with van der Waals surface area (Å²) >= 11 is 0. The number of aromatic nitrogens is 1. The Balaban J connectivity index is 1.60. The minimum atomic E-state index is -0.122. The first-order chi connectivity index (χ1) is 11.7.